The monoisotopic (exact) mass is 486 g/mol. The molecule has 0 unspecified atom stereocenters. The number of amides is 1. The Balaban J connectivity index is 1.38. The molecule has 0 atom stereocenters. The maximum Gasteiger partial charge on any atom is 0.435 e. The number of aromatic nitrogens is 2. The minimum absolute atomic E-state index is 0.0468. The number of carbonyl (C=O) groups excluding carboxylic acids is 1. The fourth-order valence-corrected chi connectivity index (χ4v) is 5.65. The van der Waals surface area contributed by atoms with E-state index in [0.29, 0.717) is 31.8 Å². The molecule has 0 aliphatic carbocycles. The Labute approximate surface area is 189 Å². The number of piperidine rings is 1. The van der Waals surface area contributed by atoms with Crippen LogP contribution in [-0.4, -0.2) is 54.7 Å². The van der Waals surface area contributed by atoms with Crippen molar-refractivity contribution in [2.75, 3.05) is 26.2 Å². The van der Waals surface area contributed by atoms with Crippen molar-refractivity contribution >= 4 is 15.9 Å². The van der Waals surface area contributed by atoms with E-state index < -0.39 is 27.8 Å². The molecule has 0 bridgehead atoms. The molecule has 2 aliphatic rings. The van der Waals surface area contributed by atoms with Crippen LogP contribution in [0.15, 0.2) is 29.2 Å². The topological polar surface area (TPSA) is 93.5 Å². The number of alkyl halides is 3. The van der Waals surface area contributed by atoms with Crippen molar-refractivity contribution in [3.8, 4) is 0 Å². The zero-order chi connectivity index (χ0) is 23.6. The number of hydrogen-bond donors (Lipinski definition) is 1. The Kier molecular flexibility index (Phi) is 6.78. The van der Waals surface area contributed by atoms with Crippen LogP contribution in [0, 0.1) is 0 Å². The van der Waals surface area contributed by atoms with Crippen LogP contribution in [0.1, 0.15) is 46.6 Å². The van der Waals surface area contributed by atoms with Crippen molar-refractivity contribution in [3.63, 3.8) is 0 Å². The molecular weight excluding hydrogens is 461 g/mol. The summed E-state index contributed by atoms with van der Waals surface area (Å²) in [7, 11) is -3.59. The third-order valence-corrected chi connectivity index (χ3v) is 7.76. The number of carbonyl (C=O) groups is 1. The van der Waals surface area contributed by atoms with Gasteiger partial charge in [-0.15, -0.1) is 0 Å². The molecule has 1 aromatic carbocycles. The van der Waals surface area contributed by atoms with Gasteiger partial charge in [0.25, 0.3) is 5.91 Å². The van der Waals surface area contributed by atoms with Gasteiger partial charge in [0, 0.05) is 42.9 Å². The first-order chi connectivity index (χ1) is 15.7. The molecule has 0 spiro atoms. The number of fused-ring (bicyclic) bond motifs is 1. The summed E-state index contributed by atoms with van der Waals surface area (Å²) in [5.41, 5.74) is -0.172. The normalized spacial score (nSPS) is 17.5. The van der Waals surface area contributed by atoms with Crippen LogP contribution in [0.3, 0.4) is 0 Å². The molecule has 3 heterocycles. The second-order valence-electron chi connectivity index (χ2n) is 8.04. The fourth-order valence-electron chi connectivity index (χ4n) is 4.13. The number of nitrogens with one attached hydrogen (secondary N) is 1. The zero-order valence-corrected chi connectivity index (χ0v) is 18.7. The first kappa shape index (κ1) is 23.7. The van der Waals surface area contributed by atoms with Crippen molar-refractivity contribution in [1.29, 1.82) is 0 Å². The van der Waals surface area contributed by atoms with Crippen LogP contribution in [0.4, 0.5) is 13.2 Å². The SMILES string of the molecule is O=C(NCCn1nc(C(F)(F)F)c2c1CCOC2)c1ccc(S(=O)(=O)N2CCCCC2)cc1. The molecule has 33 heavy (non-hydrogen) atoms. The maximum atomic E-state index is 13.2. The number of benzene rings is 1. The van der Waals surface area contributed by atoms with E-state index in [1.54, 1.807) is 0 Å². The highest BCUT2D eigenvalue weighted by Gasteiger charge is 2.39. The Morgan fingerprint density at radius 2 is 1.82 bits per heavy atom. The quantitative estimate of drug-likeness (QED) is 0.678. The lowest BCUT2D eigenvalue weighted by Gasteiger charge is -2.25. The molecule has 12 heteroatoms. The molecule has 1 fully saturated rings. The van der Waals surface area contributed by atoms with E-state index in [4.69, 9.17) is 4.74 Å². The summed E-state index contributed by atoms with van der Waals surface area (Å²) in [5, 5.41) is 6.36. The maximum absolute atomic E-state index is 13.2. The molecule has 1 N–H and O–H groups in total. The summed E-state index contributed by atoms with van der Waals surface area (Å²) >= 11 is 0. The summed E-state index contributed by atoms with van der Waals surface area (Å²) < 4.78 is 73.1. The van der Waals surface area contributed by atoms with Gasteiger partial charge in [0.15, 0.2) is 5.69 Å². The van der Waals surface area contributed by atoms with E-state index in [0.717, 1.165) is 19.3 Å². The lowest BCUT2D eigenvalue weighted by Crippen LogP contribution is -2.35. The van der Waals surface area contributed by atoms with E-state index in [-0.39, 0.29) is 35.7 Å². The summed E-state index contributed by atoms with van der Waals surface area (Å²) in [6.07, 6.45) is -1.58. The third kappa shape index (κ3) is 5.07. The molecule has 1 amide bonds. The molecule has 2 aromatic rings. The summed E-state index contributed by atoms with van der Waals surface area (Å²) in [6.45, 7) is 1.30. The van der Waals surface area contributed by atoms with Gasteiger partial charge < -0.3 is 10.1 Å². The average molecular weight is 487 g/mol. The van der Waals surface area contributed by atoms with Crippen molar-refractivity contribution in [2.24, 2.45) is 0 Å². The number of ether oxygens (including phenoxy) is 1. The van der Waals surface area contributed by atoms with Crippen molar-refractivity contribution in [2.45, 2.75) is 49.9 Å². The van der Waals surface area contributed by atoms with Gasteiger partial charge in [-0.2, -0.15) is 22.6 Å². The van der Waals surface area contributed by atoms with Crippen LogP contribution in [-0.2, 0) is 40.5 Å². The predicted molar refractivity (Wildman–Crippen MR) is 112 cm³/mol. The predicted octanol–water partition coefficient (Wildman–Crippen LogP) is 2.58. The smallest absolute Gasteiger partial charge is 0.376 e. The van der Waals surface area contributed by atoms with E-state index in [2.05, 4.69) is 10.4 Å². The van der Waals surface area contributed by atoms with Gasteiger partial charge in [0.2, 0.25) is 10.0 Å². The average Bonchev–Trinajstić information content (AvgIpc) is 3.19. The second kappa shape index (κ2) is 9.43. The van der Waals surface area contributed by atoms with Crippen LogP contribution < -0.4 is 5.32 Å². The van der Waals surface area contributed by atoms with Gasteiger partial charge in [0.05, 0.1) is 24.7 Å². The molecule has 8 nitrogen and oxygen atoms in total. The van der Waals surface area contributed by atoms with Crippen molar-refractivity contribution in [1.82, 2.24) is 19.4 Å². The van der Waals surface area contributed by atoms with E-state index in [9.17, 15) is 26.4 Å². The molecule has 2 aliphatic heterocycles. The minimum atomic E-state index is -4.57. The first-order valence-corrected chi connectivity index (χ1v) is 12.2. The molecule has 1 aromatic heterocycles. The largest absolute Gasteiger partial charge is 0.435 e. The van der Waals surface area contributed by atoms with Gasteiger partial charge in [0.1, 0.15) is 0 Å². The summed E-state index contributed by atoms with van der Waals surface area (Å²) in [5.74, 6) is -0.447. The molecule has 0 radical (unpaired) electrons. The van der Waals surface area contributed by atoms with Gasteiger partial charge in [-0.25, -0.2) is 8.42 Å². The number of hydrogen-bond acceptors (Lipinski definition) is 5. The number of nitrogens with zero attached hydrogens (tertiary/aromatic N) is 3. The molecule has 180 valence electrons. The summed E-state index contributed by atoms with van der Waals surface area (Å²) in [4.78, 5) is 12.6. The molecule has 0 saturated carbocycles. The van der Waals surface area contributed by atoms with Crippen LogP contribution in [0.25, 0.3) is 0 Å². The Morgan fingerprint density at radius 1 is 1.12 bits per heavy atom. The Morgan fingerprint density at radius 3 is 2.48 bits per heavy atom. The van der Waals surface area contributed by atoms with Crippen LogP contribution in [0.2, 0.25) is 0 Å². The highest BCUT2D eigenvalue weighted by molar-refractivity contribution is 7.89. The van der Waals surface area contributed by atoms with E-state index in [1.165, 1.54) is 33.3 Å². The van der Waals surface area contributed by atoms with Gasteiger partial charge in [-0.1, -0.05) is 6.42 Å². The molecule has 4 rings (SSSR count). The van der Waals surface area contributed by atoms with Gasteiger partial charge in [-0.05, 0) is 37.1 Å². The third-order valence-electron chi connectivity index (χ3n) is 5.84. The number of rotatable bonds is 6. The first-order valence-electron chi connectivity index (χ1n) is 10.8. The minimum Gasteiger partial charge on any atom is -0.376 e. The van der Waals surface area contributed by atoms with Gasteiger partial charge >= 0.3 is 6.18 Å². The van der Waals surface area contributed by atoms with E-state index in [1.807, 2.05) is 0 Å². The van der Waals surface area contributed by atoms with Crippen molar-refractivity contribution in [3.05, 3.63) is 46.8 Å². The zero-order valence-electron chi connectivity index (χ0n) is 17.9. The number of halogens is 3. The van der Waals surface area contributed by atoms with Gasteiger partial charge in [-0.3, -0.25) is 9.48 Å². The molecule has 1 saturated heterocycles. The highest BCUT2D eigenvalue weighted by atomic mass is 32.2. The Bertz CT molecular complexity index is 1110. The Hall–Kier alpha value is -2.44. The van der Waals surface area contributed by atoms with E-state index >= 15 is 0 Å². The summed E-state index contributed by atoms with van der Waals surface area (Å²) in [6, 6.07) is 5.67. The second-order valence-corrected chi connectivity index (χ2v) is 9.98. The fraction of sp³-hybridized carbons (Fsp3) is 0.524. The molecular formula is C21H25F3N4O4S. The van der Waals surface area contributed by atoms with Crippen LogP contribution in [0.5, 0.6) is 0 Å². The lowest BCUT2D eigenvalue weighted by atomic mass is 10.1. The lowest BCUT2D eigenvalue weighted by molar-refractivity contribution is -0.142. The van der Waals surface area contributed by atoms with Crippen molar-refractivity contribution < 1.29 is 31.1 Å². The number of sulfonamides is 1. The standard InChI is InChI=1S/C21H25F3N4O4S/c22-21(23,24)19-17-14-32-13-8-18(17)28(26-19)12-9-25-20(29)15-4-6-16(7-5-15)33(30,31)27-10-2-1-3-11-27/h4-7H,1-3,8-14H2,(H,25,29). The van der Waals surface area contributed by atoms with Crippen LogP contribution >= 0.6 is 0 Å². The highest BCUT2D eigenvalue weighted by Crippen LogP contribution is 2.34.